The molecule has 1 atom stereocenters. The summed E-state index contributed by atoms with van der Waals surface area (Å²) in [7, 11) is 2.72. The fourth-order valence-electron chi connectivity index (χ4n) is 4.21. The van der Waals surface area contributed by atoms with Gasteiger partial charge in [-0.2, -0.15) is 0 Å². The first-order valence-corrected chi connectivity index (χ1v) is 12.0. The molecular weight excluding hydrogens is 540 g/mol. The summed E-state index contributed by atoms with van der Waals surface area (Å²) < 4.78 is 30.0. The lowest BCUT2D eigenvalue weighted by Gasteiger charge is -2.26. The third-order valence-electron chi connectivity index (χ3n) is 5.95. The van der Waals surface area contributed by atoms with Gasteiger partial charge in [-0.3, -0.25) is 14.5 Å². The number of halogens is 3. The minimum Gasteiger partial charge on any atom is -0.507 e. The molecule has 1 unspecified atom stereocenters. The Balaban J connectivity index is 2.03. The zero-order valence-corrected chi connectivity index (χ0v) is 21.9. The second-order valence-corrected chi connectivity index (χ2v) is 8.93. The van der Waals surface area contributed by atoms with Crippen molar-refractivity contribution in [2.24, 2.45) is 0 Å². The molecular formula is C27H22Cl2FNO7. The highest BCUT2D eigenvalue weighted by Gasteiger charge is 2.47. The third-order valence-corrected chi connectivity index (χ3v) is 6.54. The number of aromatic hydroxyl groups is 1. The van der Waals surface area contributed by atoms with Gasteiger partial charge in [-0.15, -0.1) is 0 Å². The Bertz CT molecular complexity index is 1470. The number of nitrogens with zero attached hydrogens (tertiary/aromatic N) is 1. The molecule has 11 heteroatoms. The standard InChI is InChI=1S/C27H22Cl2FNO7/c1-4-38-22-9-13(5-8-19(22)32)24-23(25(33)15-11-21(37-3)17(29)12-20(15)36-2)26(34)27(35)31(24)14-6-7-18(30)16(28)10-14/h5-12,24,32-33H,4H2,1-3H3/b25-23+. The molecule has 0 aromatic heterocycles. The number of phenols is 1. The zero-order valence-electron chi connectivity index (χ0n) is 20.4. The lowest BCUT2D eigenvalue weighted by atomic mass is 9.94. The van der Waals surface area contributed by atoms with Crippen LogP contribution < -0.4 is 19.1 Å². The number of ketones is 1. The van der Waals surface area contributed by atoms with E-state index in [0.29, 0.717) is 5.56 Å². The predicted octanol–water partition coefficient (Wildman–Crippen LogP) is 5.88. The third kappa shape index (κ3) is 4.70. The van der Waals surface area contributed by atoms with Crippen LogP contribution in [0.15, 0.2) is 54.1 Å². The Morgan fingerprint density at radius 1 is 0.974 bits per heavy atom. The number of benzene rings is 3. The Hall–Kier alpha value is -3.95. The Kier molecular flexibility index (Phi) is 7.71. The van der Waals surface area contributed by atoms with Crippen molar-refractivity contribution >= 4 is 46.3 Å². The van der Waals surface area contributed by atoms with E-state index in [1.54, 1.807) is 6.92 Å². The Morgan fingerprint density at radius 2 is 1.68 bits per heavy atom. The van der Waals surface area contributed by atoms with E-state index in [2.05, 4.69) is 0 Å². The summed E-state index contributed by atoms with van der Waals surface area (Å²) in [4.78, 5) is 27.9. The molecule has 198 valence electrons. The SMILES string of the molecule is CCOc1cc(C2/C(=C(\O)c3cc(OC)c(Cl)cc3OC)C(=O)C(=O)N2c2ccc(F)c(Cl)c2)ccc1O. The number of phenolic OH excluding ortho intramolecular Hbond substituents is 1. The number of Topliss-reactive ketones (excluding diaryl/α,β-unsaturated/α-hetero) is 1. The normalized spacial score (nSPS) is 16.6. The van der Waals surface area contributed by atoms with Gasteiger partial charge in [0.2, 0.25) is 0 Å². The minimum atomic E-state index is -1.22. The van der Waals surface area contributed by atoms with E-state index in [0.717, 1.165) is 11.0 Å². The summed E-state index contributed by atoms with van der Waals surface area (Å²) in [5, 5.41) is 21.6. The van der Waals surface area contributed by atoms with Crippen molar-refractivity contribution in [3.63, 3.8) is 0 Å². The molecule has 1 aliphatic rings. The minimum absolute atomic E-state index is 0.0395. The summed E-state index contributed by atoms with van der Waals surface area (Å²) >= 11 is 12.2. The highest BCUT2D eigenvalue weighted by Crippen LogP contribution is 2.46. The lowest BCUT2D eigenvalue weighted by Crippen LogP contribution is -2.29. The number of carbonyl (C=O) groups is 2. The van der Waals surface area contributed by atoms with Crippen molar-refractivity contribution < 1.29 is 38.4 Å². The number of hydrogen-bond acceptors (Lipinski definition) is 7. The van der Waals surface area contributed by atoms with Gasteiger partial charge in [0.25, 0.3) is 11.7 Å². The number of carbonyl (C=O) groups excluding carboxylic acids is 2. The molecule has 2 N–H and O–H groups in total. The van der Waals surface area contributed by atoms with Crippen molar-refractivity contribution in [2.75, 3.05) is 25.7 Å². The summed E-state index contributed by atoms with van der Waals surface area (Å²) in [6.45, 7) is 1.95. The van der Waals surface area contributed by atoms with Crippen LogP contribution in [0.1, 0.15) is 24.1 Å². The number of aliphatic hydroxyl groups is 1. The molecule has 3 aromatic carbocycles. The van der Waals surface area contributed by atoms with Crippen LogP contribution >= 0.6 is 23.2 Å². The first-order chi connectivity index (χ1) is 18.1. The molecule has 8 nitrogen and oxygen atoms in total. The smallest absolute Gasteiger partial charge is 0.300 e. The van der Waals surface area contributed by atoms with Crippen molar-refractivity contribution in [1.29, 1.82) is 0 Å². The van der Waals surface area contributed by atoms with Gasteiger partial charge in [-0.1, -0.05) is 29.3 Å². The largest absolute Gasteiger partial charge is 0.507 e. The number of ether oxygens (including phenoxy) is 3. The first-order valence-electron chi connectivity index (χ1n) is 11.3. The second-order valence-electron chi connectivity index (χ2n) is 8.11. The highest BCUT2D eigenvalue weighted by molar-refractivity contribution is 6.52. The molecule has 0 bridgehead atoms. The van der Waals surface area contributed by atoms with E-state index in [4.69, 9.17) is 37.4 Å². The van der Waals surface area contributed by atoms with Crippen LogP contribution in [0.4, 0.5) is 10.1 Å². The average Bonchev–Trinajstić information content (AvgIpc) is 3.16. The Labute approximate surface area is 227 Å². The van der Waals surface area contributed by atoms with Gasteiger partial charge in [0.1, 0.15) is 23.1 Å². The summed E-state index contributed by atoms with van der Waals surface area (Å²) in [6, 6.07) is 9.35. The summed E-state index contributed by atoms with van der Waals surface area (Å²) in [5.74, 6) is -3.07. The molecule has 1 aliphatic heterocycles. The molecule has 0 spiro atoms. The molecule has 0 saturated carbocycles. The highest BCUT2D eigenvalue weighted by atomic mass is 35.5. The van der Waals surface area contributed by atoms with E-state index >= 15 is 0 Å². The van der Waals surface area contributed by atoms with Crippen molar-refractivity contribution in [2.45, 2.75) is 13.0 Å². The fraction of sp³-hybridized carbons (Fsp3) is 0.185. The Morgan fingerprint density at radius 3 is 2.32 bits per heavy atom. The molecule has 1 fully saturated rings. The van der Waals surface area contributed by atoms with Crippen LogP contribution in [-0.4, -0.2) is 42.7 Å². The van der Waals surface area contributed by atoms with Gasteiger partial charge >= 0.3 is 0 Å². The summed E-state index contributed by atoms with van der Waals surface area (Å²) in [5.41, 5.74) is 0.158. The molecule has 0 radical (unpaired) electrons. The summed E-state index contributed by atoms with van der Waals surface area (Å²) in [6.07, 6.45) is 0. The monoisotopic (exact) mass is 561 g/mol. The topological polar surface area (TPSA) is 106 Å². The maximum Gasteiger partial charge on any atom is 0.300 e. The number of anilines is 1. The maximum absolute atomic E-state index is 13.9. The van der Waals surface area contributed by atoms with E-state index in [1.807, 2.05) is 0 Å². The average molecular weight is 562 g/mol. The number of rotatable bonds is 7. The van der Waals surface area contributed by atoms with Crippen molar-refractivity contribution in [3.05, 3.63) is 81.1 Å². The number of hydrogen-bond donors (Lipinski definition) is 2. The molecule has 1 amide bonds. The molecule has 4 rings (SSSR count). The van der Waals surface area contributed by atoms with Gasteiger partial charge in [-0.05, 0) is 48.9 Å². The first kappa shape index (κ1) is 27.1. The van der Waals surface area contributed by atoms with E-state index in [9.17, 15) is 24.2 Å². The number of aliphatic hydroxyl groups excluding tert-OH is 1. The molecule has 0 aliphatic carbocycles. The van der Waals surface area contributed by atoms with Crippen LogP contribution in [0.25, 0.3) is 5.76 Å². The van der Waals surface area contributed by atoms with Gasteiger partial charge < -0.3 is 24.4 Å². The predicted molar refractivity (Wildman–Crippen MR) is 140 cm³/mol. The van der Waals surface area contributed by atoms with Crippen LogP contribution in [0.2, 0.25) is 10.0 Å². The van der Waals surface area contributed by atoms with Gasteiger partial charge in [0.15, 0.2) is 11.5 Å². The molecule has 3 aromatic rings. The van der Waals surface area contributed by atoms with Gasteiger partial charge in [0, 0.05) is 11.8 Å². The van der Waals surface area contributed by atoms with Crippen molar-refractivity contribution in [3.8, 4) is 23.0 Å². The van der Waals surface area contributed by atoms with Crippen LogP contribution in [-0.2, 0) is 9.59 Å². The molecule has 38 heavy (non-hydrogen) atoms. The van der Waals surface area contributed by atoms with Crippen LogP contribution in [0.5, 0.6) is 23.0 Å². The van der Waals surface area contributed by atoms with Crippen LogP contribution in [0.3, 0.4) is 0 Å². The fourth-order valence-corrected chi connectivity index (χ4v) is 4.62. The number of methoxy groups -OCH3 is 2. The quantitative estimate of drug-likeness (QED) is 0.211. The van der Waals surface area contributed by atoms with Gasteiger partial charge in [0.05, 0.1) is 48.1 Å². The van der Waals surface area contributed by atoms with E-state index in [-0.39, 0.29) is 56.5 Å². The molecule has 1 saturated heterocycles. The lowest BCUT2D eigenvalue weighted by molar-refractivity contribution is -0.132. The zero-order chi connectivity index (χ0) is 27.7. The van der Waals surface area contributed by atoms with Crippen LogP contribution in [0, 0.1) is 5.82 Å². The maximum atomic E-state index is 13.9. The second kappa shape index (κ2) is 10.8. The molecule has 1 heterocycles. The van der Waals surface area contributed by atoms with Crippen molar-refractivity contribution in [1.82, 2.24) is 0 Å². The van der Waals surface area contributed by atoms with E-state index < -0.39 is 29.3 Å². The number of amides is 1. The van der Waals surface area contributed by atoms with E-state index in [1.165, 1.54) is 56.7 Å². The van der Waals surface area contributed by atoms with Gasteiger partial charge in [-0.25, -0.2) is 4.39 Å².